The molecule has 2 aromatic rings. The first kappa shape index (κ1) is 23.3. The lowest BCUT2D eigenvalue weighted by molar-refractivity contribution is 0.0608. The van der Waals surface area contributed by atoms with Crippen molar-refractivity contribution >= 4 is 17.2 Å². The molecule has 5 heteroatoms. The number of halogens is 1. The quantitative estimate of drug-likeness (QED) is 0.620. The van der Waals surface area contributed by atoms with Crippen molar-refractivity contribution in [1.82, 2.24) is 9.80 Å². The van der Waals surface area contributed by atoms with Crippen molar-refractivity contribution in [2.24, 2.45) is 0 Å². The number of hydrogen-bond donors (Lipinski definition) is 1. The molecule has 0 unspecified atom stereocenters. The molecule has 0 bridgehead atoms. The lowest BCUT2D eigenvalue weighted by Crippen LogP contribution is -2.46. The zero-order chi connectivity index (χ0) is 22.4. The van der Waals surface area contributed by atoms with Gasteiger partial charge in [0.25, 0.3) is 0 Å². The molecule has 2 aromatic carbocycles. The van der Waals surface area contributed by atoms with E-state index in [2.05, 4.69) is 40.1 Å². The summed E-state index contributed by atoms with van der Waals surface area (Å²) in [6.07, 6.45) is 7.33. The molecular weight excluding hydrogens is 420 g/mol. The molecule has 1 N–H and O–H groups in total. The number of aliphatic hydroxyl groups is 1. The fourth-order valence-corrected chi connectivity index (χ4v) is 5.10. The first-order chi connectivity index (χ1) is 15.6. The minimum Gasteiger partial charge on any atom is -0.497 e. The summed E-state index contributed by atoms with van der Waals surface area (Å²) in [5, 5.41) is 12.3. The summed E-state index contributed by atoms with van der Waals surface area (Å²) in [4.78, 5) is 4.99. The Labute approximate surface area is 197 Å². The monoisotopic (exact) mass is 454 g/mol. The molecule has 1 heterocycles. The molecule has 0 aromatic heterocycles. The van der Waals surface area contributed by atoms with Crippen molar-refractivity contribution in [2.45, 2.75) is 44.2 Å². The van der Waals surface area contributed by atoms with Crippen LogP contribution in [0.4, 0.5) is 0 Å². The molecule has 1 aliphatic carbocycles. The Hall–Kier alpha value is -1.85. The molecule has 4 rings (SSSR count). The van der Waals surface area contributed by atoms with Crippen LogP contribution in [0.25, 0.3) is 5.57 Å². The van der Waals surface area contributed by atoms with Crippen molar-refractivity contribution in [2.75, 3.05) is 39.8 Å². The molecule has 2 aliphatic rings. The topological polar surface area (TPSA) is 35.9 Å². The maximum Gasteiger partial charge on any atom is 0.119 e. The van der Waals surface area contributed by atoms with Crippen LogP contribution in [0.1, 0.15) is 43.2 Å². The summed E-state index contributed by atoms with van der Waals surface area (Å²) in [6, 6.07) is 16.3. The number of benzene rings is 2. The first-order valence-corrected chi connectivity index (χ1v) is 12.2. The van der Waals surface area contributed by atoms with Gasteiger partial charge in [0, 0.05) is 44.3 Å². The van der Waals surface area contributed by atoms with Gasteiger partial charge in [0.1, 0.15) is 5.75 Å². The van der Waals surface area contributed by atoms with Gasteiger partial charge >= 0.3 is 0 Å². The third-order valence-corrected chi connectivity index (χ3v) is 7.15. The van der Waals surface area contributed by atoms with Gasteiger partial charge in [-0.1, -0.05) is 61.2 Å². The number of ether oxygens (including phenoxy) is 1. The van der Waals surface area contributed by atoms with Crippen molar-refractivity contribution in [1.29, 1.82) is 0 Å². The van der Waals surface area contributed by atoms with Crippen LogP contribution in [0.5, 0.6) is 5.75 Å². The van der Waals surface area contributed by atoms with Crippen LogP contribution in [0, 0.1) is 0 Å². The van der Waals surface area contributed by atoms with Gasteiger partial charge in [0.05, 0.1) is 12.7 Å². The van der Waals surface area contributed by atoms with E-state index in [0.717, 1.165) is 86.9 Å². The summed E-state index contributed by atoms with van der Waals surface area (Å²) in [5.41, 5.74) is 2.72. The lowest BCUT2D eigenvalue weighted by atomic mass is 9.76. The Morgan fingerprint density at radius 2 is 1.69 bits per heavy atom. The molecule has 1 saturated carbocycles. The average Bonchev–Trinajstić information content (AvgIpc) is 2.82. The van der Waals surface area contributed by atoms with Gasteiger partial charge in [-0.15, -0.1) is 0 Å². The van der Waals surface area contributed by atoms with Crippen LogP contribution in [0.15, 0.2) is 54.6 Å². The van der Waals surface area contributed by atoms with E-state index in [0.29, 0.717) is 0 Å². The molecule has 172 valence electrons. The summed E-state index contributed by atoms with van der Waals surface area (Å²) in [6.45, 7) is 6.01. The van der Waals surface area contributed by atoms with E-state index >= 15 is 0 Å². The van der Waals surface area contributed by atoms with Crippen LogP contribution in [0.2, 0.25) is 5.02 Å². The highest BCUT2D eigenvalue weighted by molar-refractivity contribution is 6.30. The van der Waals surface area contributed by atoms with E-state index < -0.39 is 5.60 Å². The molecule has 0 radical (unpaired) electrons. The van der Waals surface area contributed by atoms with E-state index in [4.69, 9.17) is 16.3 Å². The van der Waals surface area contributed by atoms with Crippen molar-refractivity contribution < 1.29 is 9.84 Å². The minimum atomic E-state index is -0.735. The highest BCUT2D eigenvalue weighted by Crippen LogP contribution is 2.40. The van der Waals surface area contributed by atoms with Gasteiger partial charge in [0.2, 0.25) is 0 Å². The van der Waals surface area contributed by atoms with Crippen molar-refractivity contribution in [3.63, 3.8) is 0 Å². The maximum atomic E-state index is 11.6. The maximum absolute atomic E-state index is 11.6. The number of rotatable bonds is 7. The number of nitrogens with zero attached hydrogens (tertiary/aromatic N) is 2. The summed E-state index contributed by atoms with van der Waals surface area (Å²) < 4.78 is 5.45. The molecule has 4 nitrogen and oxygen atoms in total. The van der Waals surface area contributed by atoms with Crippen LogP contribution < -0.4 is 4.74 Å². The minimum absolute atomic E-state index is 0.735. The SMILES string of the molecule is COc1cccc(/C(=C/CN2CCN(Cc3ccc(Cl)cc3)CC2)C2(O)CCCCC2)c1. The summed E-state index contributed by atoms with van der Waals surface area (Å²) in [7, 11) is 1.70. The van der Waals surface area contributed by atoms with Gasteiger partial charge in [0.15, 0.2) is 0 Å². The van der Waals surface area contributed by atoms with Crippen LogP contribution in [-0.4, -0.2) is 60.3 Å². The predicted molar refractivity (Wildman–Crippen MR) is 132 cm³/mol. The van der Waals surface area contributed by atoms with Gasteiger partial charge in [-0.2, -0.15) is 0 Å². The molecule has 32 heavy (non-hydrogen) atoms. The van der Waals surface area contributed by atoms with E-state index in [-0.39, 0.29) is 0 Å². The third-order valence-electron chi connectivity index (χ3n) is 6.90. The zero-order valence-electron chi connectivity index (χ0n) is 19.1. The highest BCUT2D eigenvalue weighted by atomic mass is 35.5. The summed E-state index contributed by atoms with van der Waals surface area (Å²) >= 11 is 6.01. The van der Waals surface area contributed by atoms with Gasteiger partial charge < -0.3 is 9.84 Å². The van der Waals surface area contributed by atoms with Gasteiger partial charge in [-0.3, -0.25) is 9.80 Å². The van der Waals surface area contributed by atoms with Crippen LogP contribution in [0.3, 0.4) is 0 Å². The fraction of sp³-hybridized carbons (Fsp3) is 0.481. The number of methoxy groups -OCH3 is 1. The Balaban J connectivity index is 1.42. The fourth-order valence-electron chi connectivity index (χ4n) is 4.97. The van der Waals surface area contributed by atoms with E-state index in [1.807, 2.05) is 24.3 Å². The molecule has 0 atom stereocenters. The highest BCUT2D eigenvalue weighted by Gasteiger charge is 2.34. The molecule has 1 saturated heterocycles. The first-order valence-electron chi connectivity index (χ1n) is 11.8. The Morgan fingerprint density at radius 3 is 2.38 bits per heavy atom. The average molecular weight is 455 g/mol. The summed E-state index contributed by atoms with van der Waals surface area (Å²) in [5.74, 6) is 0.837. The normalized spacial score (nSPS) is 20.3. The second kappa shape index (κ2) is 10.8. The lowest BCUT2D eigenvalue weighted by Gasteiger charge is -2.37. The van der Waals surface area contributed by atoms with Crippen LogP contribution in [-0.2, 0) is 6.54 Å². The van der Waals surface area contributed by atoms with Crippen molar-refractivity contribution in [3.8, 4) is 5.75 Å². The van der Waals surface area contributed by atoms with Gasteiger partial charge in [-0.05, 0) is 53.8 Å². The number of piperazine rings is 1. The van der Waals surface area contributed by atoms with Crippen LogP contribution >= 0.6 is 11.6 Å². The standard InChI is InChI=1S/C27H35ClN2O2/c1-32-25-7-5-6-23(20-25)26(27(31)13-3-2-4-14-27)12-15-29-16-18-30(19-17-29)21-22-8-10-24(28)11-9-22/h5-12,20,31H,2-4,13-19,21H2,1H3/b26-12-. The third kappa shape index (κ3) is 5.93. The second-order valence-corrected chi connectivity index (χ2v) is 9.58. The van der Waals surface area contributed by atoms with E-state index in [1.54, 1.807) is 7.11 Å². The Bertz CT molecular complexity index is 898. The largest absolute Gasteiger partial charge is 0.497 e. The molecule has 1 aliphatic heterocycles. The molecule has 2 fully saturated rings. The van der Waals surface area contributed by atoms with Gasteiger partial charge in [-0.25, -0.2) is 0 Å². The zero-order valence-corrected chi connectivity index (χ0v) is 19.9. The van der Waals surface area contributed by atoms with Crippen molar-refractivity contribution in [3.05, 3.63) is 70.8 Å². The Morgan fingerprint density at radius 1 is 1.00 bits per heavy atom. The molecular formula is C27H35ClN2O2. The molecule has 0 amide bonds. The molecule has 0 spiro atoms. The second-order valence-electron chi connectivity index (χ2n) is 9.15. The Kier molecular flexibility index (Phi) is 7.90. The smallest absolute Gasteiger partial charge is 0.119 e. The predicted octanol–water partition coefficient (Wildman–Crippen LogP) is 5.25. The number of hydrogen-bond acceptors (Lipinski definition) is 4. The van der Waals surface area contributed by atoms with E-state index in [9.17, 15) is 5.11 Å². The van der Waals surface area contributed by atoms with E-state index in [1.165, 1.54) is 12.0 Å².